The molecule has 2 aromatic rings. The second-order valence-electron chi connectivity index (χ2n) is 5.71. The summed E-state index contributed by atoms with van der Waals surface area (Å²) >= 11 is -0.428. The van der Waals surface area contributed by atoms with Gasteiger partial charge in [0.25, 0.3) is 5.69 Å². The summed E-state index contributed by atoms with van der Waals surface area (Å²) in [4.78, 5) is 20.4. The van der Waals surface area contributed by atoms with Crippen molar-refractivity contribution in [1.29, 1.82) is 0 Å². The lowest BCUT2D eigenvalue weighted by Crippen LogP contribution is -2.20. The Balaban J connectivity index is 2.18. The number of anilines is 1. The molecular weight excluding hydrogens is 510 g/mol. The highest BCUT2D eigenvalue weighted by molar-refractivity contribution is 8.00. The van der Waals surface area contributed by atoms with E-state index in [0.717, 1.165) is 12.1 Å². The Kier molecular flexibility index (Phi) is 8.06. The van der Waals surface area contributed by atoms with Crippen molar-refractivity contribution in [2.45, 2.75) is 25.7 Å². The summed E-state index contributed by atoms with van der Waals surface area (Å²) in [6.45, 7) is 0. The number of amides is 1. The van der Waals surface area contributed by atoms with Gasteiger partial charge in [-0.25, -0.2) is 4.21 Å². The molecule has 0 heterocycles. The van der Waals surface area contributed by atoms with Crippen molar-refractivity contribution in [3.63, 3.8) is 0 Å². The zero-order chi connectivity index (χ0) is 24.3. The van der Waals surface area contributed by atoms with E-state index in [0.29, 0.717) is 18.2 Å². The maximum atomic E-state index is 12.6. The number of nitro groups is 1. The van der Waals surface area contributed by atoms with Gasteiger partial charge in [-0.3, -0.25) is 19.1 Å². The molecule has 2 rings (SSSR count). The second kappa shape index (κ2) is 9.99. The first-order valence-corrected chi connectivity index (χ1v) is 11.3. The van der Waals surface area contributed by atoms with Crippen LogP contribution in [0.1, 0.15) is 0 Å². The molecule has 174 valence electrons. The number of nitro benzene ring substituents is 1. The lowest BCUT2D eigenvalue weighted by atomic mass is 10.3. The van der Waals surface area contributed by atoms with Gasteiger partial charge in [0, 0.05) is 16.6 Å². The van der Waals surface area contributed by atoms with E-state index in [1.807, 2.05) is 0 Å². The first-order valence-electron chi connectivity index (χ1n) is 7.98. The van der Waals surface area contributed by atoms with Crippen LogP contribution in [-0.2, 0) is 26.4 Å². The van der Waals surface area contributed by atoms with Gasteiger partial charge < -0.3 is 5.32 Å². The van der Waals surface area contributed by atoms with Crippen molar-refractivity contribution < 1.29 is 44.5 Å². The molecule has 7 nitrogen and oxygen atoms in total. The Labute approximate surface area is 184 Å². The van der Waals surface area contributed by atoms with E-state index in [1.165, 1.54) is 12.1 Å². The van der Waals surface area contributed by atoms with Gasteiger partial charge in [0.15, 0.2) is 10.8 Å². The normalized spacial score (nSPS) is 13.9. The number of thioether (sulfide) groups is 1. The lowest BCUT2D eigenvalue weighted by molar-refractivity contribution is -0.388. The molecule has 0 aromatic heterocycles. The minimum absolute atomic E-state index is 0.0633. The topological polar surface area (TPSA) is 106 Å². The van der Waals surface area contributed by atoms with Gasteiger partial charge in [0.05, 0.1) is 20.6 Å². The van der Waals surface area contributed by atoms with E-state index in [4.69, 9.17) is 0 Å². The van der Waals surface area contributed by atoms with E-state index in [2.05, 4.69) is 5.32 Å². The minimum Gasteiger partial charge on any atom is -0.325 e. The maximum Gasteiger partial charge on any atom is 0.475 e. The summed E-state index contributed by atoms with van der Waals surface area (Å²) in [5.41, 5.74) is -10.8. The zero-order valence-electron chi connectivity index (χ0n) is 15.2. The Morgan fingerprint density at radius 1 is 1.06 bits per heavy atom. The molecule has 0 aliphatic heterocycles. The first-order chi connectivity index (χ1) is 14.7. The van der Waals surface area contributed by atoms with Gasteiger partial charge >= 0.3 is 11.0 Å². The number of carbonyl (C=O) groups excluding carboxylic acids is 1. The van der Waals surface area contributed by atoms with Gasteiger partial charge in [-0.05, 0) is 42.1 Å². The Morgan fingerprint density at radius 3 is 2.28 bits per heavy atom. The summed E-state index contributed by atoms with van der Waals surface area (Å²) in [7, 11) is -5.96. The number of hydrogen-bond acceptors (Lipinski definition) is 6. The van der Waals surface area contributed by atoms with Gasteiger partial charge in [-0.2, -0.15) is 26.3 Å². The van der Waals surface area contributed by atoms with Crippen molar-refractivity contribution in [2.24, 2.45) is 0 Å². The molecule has 2 aromatic carbocycles. The van der Waals surface area contributed by atoms with Crippen LogP contribution in [0.2, 0.25) is 0 Å². The van der Waals surface area contributed by atoms with Crippen molar-refractivity contribution in [2.75, 3.05) is 11.1 Å². The van der Waals surface area contributed by atoms with Crippen LogP contribution in [0.3, 0.4) is 0 Å². The highest BCUT2D eigenvalue weighted by Crippen LogP contribution is 2.37. The third-order valence-corrected chi connectivity index (χ3v) is 6.59. The predicted molar refractivity (Wildman–Crippen MR) is 104 cm³/mol. The predicted octanol–water partition coefficient (Wildman–Crippen LogP) is 4.58. The summed E-state index contributed by atoms with van der Waals surface area (Å²) < 4.78 is 98.8. The van der Waals surface area contributed by atoms with Crippen LogP contribution in [0.25, 0.3) is 0 Å². The third-order valence-electron chi connectivity index (χ3n) is 3.41. The first kappa shape index (κ1) is 25.8. The van der Waals surface area contributed by atoms with Crippen LogP contribution < -0.4 is 5.32 Å². The highest BCUT2D eigenvalue weighted by Gasteiger charge is 2.39. The number of halogens is 6. The largest absolute Gasteiger partial charge is 0.475 e. The fraction of sp³-hybridized carbons (Fsp3) is 0.188. The minimum atomic E-state index is -5.17. The Bertz CT molecular complexity index is 1090. The zero-order valence-corrected chi connectivity index (χ0v) is 17.7. The van der Waals surface area contributed by atoms with E-state index >= 15 is 0 Å². The van der Waals surface area contributed by atoms with E-state index in [-0.39, 0.29) is 10.6 Å². The SMILES string of the molecule is O=C(CS(=O)c1ccc(S(=O)C(F)(F)F)cc1[N+](=O)[O-])Nc1cccc(SC(F)(F)F)c1. The van der Waals surface area contributed by atoms with Crippen LogP contribution in [0.4, 0.5) is 37.7 Å². The number of nitrogens with zero attached hydrogens (tertiary/aromatic N) is 1. The number of carbonyl (C=O) groups is 1. The van der Waals surface area contributed by atoms with Gasteiger partial charge in [0.2, 0.25) is 5.91 Å². The smallest absolute Gasteiger partial charge is 0.325 e. The van der Waals surface area contributed by atoms with Crippen LogP contribution in [0.5, 0.6) is 0 Å². The average Bonchev–Trinajstić information content (AvgIpc) is 2.64. The fourth-order valence-corrected chi connectivity index (χ4v) is 4.58. The molecule has 0 bridgehead atoms. The molecule has 32 heavy (non-hydrogen) atoms. The molecule has 0 spiro atoms. The molecule has 0 fully saturated rings. The Hall–Kier alpha value is -2.46. The van der Waals surface area contributed by atoms with Crippen LogP contribution in [0, 0.1) is 10.1 Å². The number of benzene rings is 2. The lowest BCUT2D eigenvalue weighted by Gasteiger charge is -2.10. The van der Waals surface area contributed by atoms with Crippen LogP contribution >= 0.6 is 11.8 Å². The van der Waals surface area contributed by atoms with Crippen LogP contribution in [0.15, 0.2) is 57.2 Å². The van der Waals surface area contributed by atoms with Gasteiger partial charge in [-0.1, -0.05) is 6.07 Å². The maximum absolute atomic E-state index is 12.6. The van der Waals surface area contributed by atoms with Crippen molar-refractivity contribution in [1.82, 2.24) is 0 Å². The molecule has 0 aliphatic carbocycles. The van der Waals surface area contributed by atoms with Crippen molar-refractivity contribution in [3.05, 3.63) is 52.6 Å². The average molecular weight is 520 g/mol. The summed E-state index contributed by atoms with van der Waals surface area (Å²) in [5, 5.41) is 13.4. The van der Waals surface area contributed by atoms with Crippen LogP contribution in [-0.4, -0.2) is 36.0 Å². The van der Waals surface area contributed by atoms with E-state index in [1.54, 1.807) is 0 Å². The molecule has 0 saturated carbocycles. The standard InChI is InChI=1S/C16H10F6N2O5S3/c17-15(18,19)30-10-3-1-2-9(6-10)23-14(25)8-31(28)13-5-4-11(7-12(13)24(26)27)32(29)16(20,21)22/h1-7H,8H2,(H,23,25). The molecular formula is C16H10F6N2O5S3. The number of nitrogens with one attached hydrogen (secondary N) is 1. The Morgan fingerprint density at radius 2 is 1.72 bits per heavy atom. The second-order valence-corrected chi connectivity index (χ2v) is 9.74. The van der Waals surface area contributed by atoms with E-state index < -0.39 is 76.4 Å². The summed E-state index contributed by atoms with van der Waals surface area (Å²) in [6.07, 6.45) is 0. The molecule has 0 aliphatic rings. The third kappa shape index (κ3) is 7.30. The molecule has 1 N–H and O–H groups in total. The number of rotatable bonds is 7. The van der Waals surface area contributed by atoms with E-state index in [9.17, 15) is 49.7 Å². The van der Waals surface area contributed by atoms with Gasteiger partial charge in [0.1, 0.15) is 10.6 Å². The number of alkyl halides is 6. The van der Waals surface area contributed by atoms with Gasteiger partial charge in [-0.15, -0.1) is 0 Å². The van der Waals surface area contributed by atoms with Crippen molar-refractivity contribution >= 4 is 50.6 Å². The quantitative estimate of drug-likeness (QED) is 0.248. The van der Waals surface area contributed by atoms with Crippen molar-refractivity contribution in [3.8, 4) is 0 Å². The molecule has 16 heteroatoms. The number of hydrogen-bond donors (Lipinski definition) is 1. The monoisotopic (exact) mass is 520 g/mol. The molecule has 0 radical (unpaired) electrons. The molecule has 0 saturated heterocycles. The highest BCUT2D eigenvalue weighted by atomic mass is 32.2. The summed E-state index contributed by atoms with van der Waals surface area (Å²) in [5.74, 6) is -1.85. The molecule has 2 unspecified atom stereocenters. The molecule has 2 atom stereocenters. The molecule has 1 amide bonds. The summed E-state index contributed by atoms with van der Waals surface area (Å²) in [6, 6.07) is 6.31. The fourth-order valence-electron chi connectivity index (χ4n) is 2.25.